The molecule has 3 nitrogen and oxygen atoms in total. The Bertz CT molecular complexity index is 581. The third-order valence-corrected chi connectivity index (χ3v) is 3.51. The minimum atomic E-state index is 0.00447. The van der Waals surface area contributed by atoms with Crippen LogP contribution in [0.4, 0.5) is 0 Å². The second-order valence-electron chi connectivity index (χ2n) is 5.33. The SMILES string of the molecule is CCCNCCNC(=O)c1ccccc1Cc1ccccc1. The number of carbonyl (C=O) groups is 1. The van der Waals surface area contributed by atoms with Crippen LogP contribution in [0.5, 0.6) is 0 Å². The maximum absolute atomic E-state index is 12.3. The zero-order valence-electron chi connectivity index (χ0n) is 13.1. The van der Waals surface area contributed by atoms with Gasteiger partial charge in [0, 0.05) is 18.7 Å². The van der Waals surface area contributed by atoms with Crippen molar-refractivity contribution in [1.82, 2.24) is 10.6 Å². The van der Waals surface area contributed by atoms with E-state index in [2.05, 4.69) is 29.7 Å². The highest BCUT2D eigenvalue weighted by Crippen LogP contribution is 2.14. The number of benzene rings is 2. The number of hydrogen-bond acceptors (Lipinski definition) is 2. The molecule has 0 fully saturated rings. The van der Waals surface area contributed by atoms with Crippen molar-refractivity contribution in [3.63, 3.8) is 0 Å². The van der Waals surface area contributed by atoms with Crippen LogP contribution >= 0.6 is 0 Å². The van der Waals surface area contributed by atoms with Gasteiger partial charge < -0.3 is 10.6 Å². The Morgan fingerprint density at radius 3 is 2.41 bits per heavy atom. The predicted octanol–water partition coefficient (Wildman–Crippen LogP) is 3.01. The molecule has 0 unspecified atom stereocenters. The maximum atomic E-state index is 12.3. The first-order chi connectivity index (χ1) is 10.8. The Morgan fingerprint density at radius 1 is 0.909 bits per heavy atom. The van der Waals surface area contributed by atoms with Crippen LogP contribution in [0.1, 0.15) is 34.8 Å². The number of hydrogen-bond donors (Lipinski definition) is 2. The van der Waals surface area contributed by atoms with Gasteiger partial charge in [-0.2, -0.15) is 0 Å². The number of amides is 1. The quantitative estimate of drug-likeness (QED) is 0.735. The number of carbonyl (C=O) groups excluding carboxylic acids is 1. The molecule has 0 aliphatic carbocycles. The molecule has 3 heteroatoms. The molecule has 0 saturated heterocycles. The largest absolute Gasteiger partial charge is 0.351 e. The van der Waals surface area contributed by atoms with Crippen LogP contribution < -0.4 is 10.6 Å². The summed E-state index contributed by atoms with van der Waals surface area (Å²) in [6, 6.07) is 18.0. The van der Waals surface area contributed by atoms with E-state index in [0.717, 1.165) is 37.1 Å². The molecular formula is C19H24N2O. The van der Waals surface area contributed by atoms with Crippen LogP contribution in [-0.2, 0) is 6.42 Å². The first-order valence-electron chi connectivity index (χ1n) is 7.92. The molecular weight excluding hydrogens is 272 g/mol. The molecule has 2 N–H and O–H groups in total. The molecule has 0 aromatic heterocycles. The first-order valence-corrected chi connectivity index (χ1v) is 7.92. The first kappa shape index (κ1) is 16.2. The molecule has 116 valence electrons. The van der Waals surface area contributed by atoms with E-state index >= 15 is 0 Å². The lowest BCUT2D eigenvalue weighted by atomic mass is 9.99. The van der Waals surface area contributed by atoms with Crippen molar-refractivity contribution >= 4 is 5.91 Å². The fourth-order valence-electron chi connectivity index (χ4n) is 2.37. The van der Waals surface area contributed by atoms with E-state index in [1.807, 2.05) is 42.5 Å². The van der Waals surface area contributed by atoms with E-state index in [4.69, 9.17) is 0 Å². The summed E-state index contributed by atoms with van der Waals surface area (Å²) in [6.45, 7) is 4.57. The van der Waals surface area contributed by atoms with Crippen molar-refractivity contribution in [2.45, 2.75) is 19.8 Å². The van der Waals surface area contributed by atoms with Crippen molar-refractivity contribution in [2.75, 3.05) is 19.6 Å². The summed E-state index contributed by atoms with van der Waals surface area (Å²) in [6.07, 6.45) is 1.88. The van der Waals surface area contributed by atoms with Crippen molar-refractivity contribution in [2.24, 2.45) is 0 Å². The Labute approximate surface area is 132 Å². The van der Waals surface area contributed by atoms with Gasteiger partial charge in [0.25, 0.3) is 5.91 Å². The summed E-state index contributed by atoms with van der Waals surface area (Å²) in [5.74, 6) is 0.00447. The third kappa shape index (κ3) is 5.01. The Balaban J connectivity index is 1.97. The fraction of sp³-hybridized carbons (Fsp3) is 0.316. The van der Waals surface area contributed by atoms with Crippen LogP contribution in [0.25, 0.3) is 0 Å². The molecule has 0 bridgehead atoms. The van der Waals surface area contributed by atoms with Gasteiger partial charge in [-0.3, -0.25) is 4.79 Å². The minimum absolute atomic E-state index is 0.00447. The smallest absolute Gasteiger partial charge is 0.251 e. The Morgan fingerprint density at radius 2 is 1.64 bits per heavy atom. The Kier molecular flexibility index (Phi) is 6.65. The molecule has 2 rings (SSSR count). The second-order valence-corrected chi connectivity index (χ2v) is 5.33. The van der Waals surface area contributed by atoms with E-state index < -0.39 is 0 Å². The van der Waals surface area contributed by atoms with Gasteiger partial charge in [-0.25, -0.2) is 0 Å². The van der Waals surface area contributed by atoms with Gasteiger partial charge >= 0.3 is 0 Å². The summed E-state index contributed by atoms with van der Waals surface area (Å²) in [5.41, 5.74) is 3.04. The van der Waals surface area contributed by atoms with Gasteiger partial charge in [-0.05, 0) is 36.6 Å². The van der Waals surface area contributed by atoms with Gasteiger partial charge in [0.1, 0.15) is 0 Å². The monoisotopic (exact) mass is 296 g/mol. The lowest BCUT2D eigenvalue weighted by Crippen LogP contribution is -2.32. The van der Waals surface area contributed by atoms with Crippen molar-refractivity contribution in [3.8, 4) is 0 Å². The average Bonchev–Trinajstić information content (AvgIpc) is 2.56. The van der Waals surface area contributed by atoms with Crippen molar-refractivity contribution in [1.29, 1.82) is 0 Å². The van der Waals surface area contributed by atoms with E-state index in [0.29, 0.717) is 6.54 Å². The van der Waals surface area contributed by atoms with E-state index in [1.165, 1.54) is 5.56 Å². The molecule has 0 saturated carbocycles. The van der Waals surface area contributed by atoms with Crippen LogP contribution in [0.3, 0.4) is 0 Å². The Hall–Kier alpha value is -2.13. The predicted molar refractivity (Wildman–Crippen MR) is 91.2 cm³/mol. The average molecular weight is 296 g/mol. The van der Waals surface area contributed by atoms with E-state index in [1.54, 1.807) is 0 Å². The van der Waals surface area contributed by atoms with Gasteiger partial charge in [0.15, 0.2) is 0 Å². The van der Waals surface area contributed by atoms with Crippen LogP contribution in [-0.4, -0.2) is 25.5 Å². The van der Waals surface area contributed by atoms with Gasteiger partial charge in [-0.15, -0.1) is 0 Å². The molecule has 1 amide bonds. The van der Waals surface area contributed by atoms with E-state index in [9.17, 15) is 4.79 Å². The summed E-state index contributed by atoms with van der Waals surface area (Å²) < 4.78 is 0. The molecule has 0 radical (unpaired) electrons. The zero-order valence-corrected chi connectivity index (χ0v) is 13.1. The van der Waals surface area contributed by atoms with Crippen molar-refractivity contribution < 1.29 is 4.79 Å². The fourth-order valence-corrected chi connectivity index (χ4v) is 2.37. The van der Waals surface area contributed by atoms with Crippen LogP contribution in [0.2, 0.25) is 0 Å². The maximum Gasteiger partial charge on any atom is 0.251 e. The molecule has 0 atom stereocenters. The molecule has 0 spiro atoms. The number of nitrogens with one attached hydrogen (secondary N) is 2. The number of rotatable bonds is 8. The second kappa shape index (κ2) is 9.00. The van der Waals surface area contributed by atoms with Crippen molar-refractivity contribution in [3.05, 3.63) is 71.3 Å². The molecule has 2 aromatic carbocycles. The van der Waals surface area contributed by atoms with E-state index in [-0.39, 0.29) is 5.91 Å². The summed E-state index contributed by atoms with van der Waals surface area (Å²) >= 11 is 0. The minimum Gasteiger partial charge on any atom is -0.351 e. The molecule has 0 heterocycles. The molecule has 2 aromatic rings. The standard InChI is InChI=1S/C19H24N2O/c1-2-12-20-13-14-21-19(22)18-11-7-6-10-17(18)15-16-8-4-3-5-9-16/h3-11,20H,2,12-15H2,1H3,(H,21,22). The highest BCUT2D eigenvalue weighted by Gasteiger charge is 2.10. The third-order valence-electron chi connectivity index (χ3n) is 3.51. The highest BCUT2D eigenvalue weighted by atomic mass is 16.1. The summed E-state index contributed by atoms with van der Waals surface area (Å²) in [7, 11) is 0. The summed E-state index contributed by atoms with van der Waals surface area (Å²) in [5, 5.41) is 6.26. The van der Waals surface area contributed by atoms with Crippen LogP contribution in [0.15, 0.2) is 54.6 Å². The molecule has 0 aliphatic rings. The van der Waals surface area contributed by atoms with Crippen LogP contribution in [0, 0.1) is 0 Å². The summed E-state index contributed by atoms with van der Waals surface area (Å²) in [4.78, 5) is 12.3. The lowest BCUT2D eigenvalue weighted by molar-refractivity contribution is 0.0953. The molecule has 0 aliphatic heterocycles. The van der Waals surface area contributed by atoms with Gasteiger partial charge in [-0.1, -0.05) is 55.5 Å². The van der Waals surface area contributed by atoms with Gasteiger partial charge in [0.05, 0.1) is 0 Å². The molecule has 22 heavy (non-hydrogen) atoms. The van der Waals surface area contributed by atoms with Gasteiger partial charge in [0.2, 0.25) is 0 Å². The highest BCUT2D eigenvalue weighted by molar-refractivity contribution is 5.95. The lowest BCUT2D eigenvalue weighted by Gasteiger charge is -2.10. The normalized spacial score (nSPS) is 10.4. The topological polar surface area (TPSA) is 41.1 Å². The zero-order chi connectivity index (χ0) is 15.6.